The van der Waals surface area contributed by atoms with Crippen molar-refractivity contribution in [3.63, 3.8) is 0 Å². The van der Waals surface area contributed by atoms with Crippen LogP contribution in [-0.4, -0.2) is 17.1 Å². The minimum absolute atomic E-state index is 0.387. The Kier molecular flexibility index (Phi) is 4.96. The highest BCUT2D eigenvalue weighted by Crippen LogP contribution is 2.15. The van der Waals surface area contributed by atoms with E-state index in [9.17, 15) is 4.79 Å². The minimum Gasteiger partial charge on any atom is -0.480 e. The van der Waals surface area contributed by atoms with Crippen molar-refractivity contribution in [3.8, 4) is 0 Å². The molecular weight excluding hydrogens is 222 g/mol. The van der Waals surface area contributed by atoms with Crippen LogP contribution in [0.3, 0.4) is 0 Å². The molecule has 1 rings (SSSR count). The first-order valence-electron chi connectivity index (χ1n) is 5.50. The molecule has 4 heteroatoms. The number of nitrogens with one attached hydrogen (secondary N) is 1. The minimum atomic E-state index is -0.761. The first-order chi connectivity index (χ1) is 7.50. The molecule has 1 aromatic rings. The molecular formula is C12H19NO2S. The summed E-state index contributed by atoms with van der Waals surface area (Å²) < 4.78 is 0. The lowest BCUT2D eigenvalue weighted by molar-refractivity contribution is -0.140. The van der Waals surface area contributed by atoms with Gasteiger partial charge in [0, 0.05) is 11.4 Å². The van der Waals surface area contributed by atoms with E-state index in [1.165, 1.54) is 10.4 Å². The number of carbonyl (C=O) groups is 1. The van der Waals surface area contributed by atoms with Gasteiger partial charge in [-0.05, 0) is 36.3 Å². The van der Waals surface area contributed by atoms with E-state index in [0.717, 1.165) is 0 Å². The third-order valence-electron chi connectivity index (χ3n) is 2.48. The van der Waals surface area contributed by atoms with Crippen LogP contribution in [0.25, 0.3) is 0 Å². The number of hydrogen-bond donors (Lipinski definition) is 2. The zero-order chi connectivity index (χ0) is 12.1. The topological polar surface area (TPSA) is 49.3 Å². The second-order valence-electron chi connectivity index (χ2n) is 4.43. The fourth-order valence-corrected chi connectivity index (χ4v) is 2.40. The van der Waals surface area contributed by atoms with Gasteiger partial charge in [-0.2, -0.15) is 0 Å². The fraction of sp³-hybridized carbons (Fsp3) is 0.583. The van der Waals surface area contributed by atoms with E-state index >= 15 is 0 Å². The summed E-state index contributed by atoms with van der Waals surface area (Å²) in [6, 6.07) is 1.61. The maximum atomic E-state index is 11.0. The summed E-state index contributed by atoms with van der Waals surface area (Å²) in [6.07, 6.45) is 0.666. The summed E-state index contributed by atoms with van der Waals surface area (Å²) in [6.45, 7) is 6.76. The zero-order valence-corrected chi connectivity index (χ0v) is 10.8. The molecule has 0 aliphatic rings. The second kappa shape index (κ2) is 6.01. The van der Waals surface area contributed by atoms with Crippen LogP contribution in [0, 0.1) is 12.8 Å². The molecule has 0 fully saturated rings. The highest BCUT2D eigenvalue weighted by Gasteiger charge is 2.18. The Balaban J connectivity index is 2.50. The van der Waals surface area contributed by atoms with Gasteiger partial charge in [0.1, 0.15) is 6.04 Å². The highest BCUT2D eigenvalue weighted by molar-refractivity contribution is 7.10. The van der Waals surface area contributed by atoms with Gasteiger partial charge < -0.3 is 5.11 Å². The normalized spacial score (nSPS) is 13.0. The smallest absolute Gasteiger partial charge is 0.320 e. The van der Waals surface area contributed by atoms with Crippen LogP contribution in [0.1, 0.15) is 30.7 Å². The number of aryl methyl sites for hydroxylation is 1. The lowest BCUT2D eigenvalue weighted by Gasteiger charge is -2.16. The lowest BCUT2D eigenvalue weighted by atomic mass is 10.0. The maximum absolute atomic E-state index is 11.0. The van der Waals surface area contributed by atoms with Crippen molar-refractivity contribution in [1.82, 2.24) is 5.32 Å². The van der Waals surface area contributed by atoms with Gasteiger partial charge in [-0.25, -0.2) is 0 Å². The largest absolute Gasteiger partial charge is 0.480 e. The van der Waals surface area contributed by atoms with E-state index in [4.69, 9.17) is 5.11 Å². The molecule has 2 N–H and O–H groups in total. The van der Waals surface area contributed by atoms with Gasteiger partial charge in [0.15, 0.2) is 0 Å². The van der Waals surface area contributed by atoms with Crippen LogP contribution in [0.2, 0.25) is 0 Å². The van der Waals surface area contributed by atoms with Gasteiger partial charge in [-0.15, -0.1) is 11.3 Å². The van der Waals surface area contributed by atoms with E-state index in [1.54, 1.807) is 11.3 Å². The van der Waals surface area contributed by atoms with Gasteiger partial charge in [0.25, 0.3) is 0 Å². The standard InChI is InChI=1S/C12H19NO2S/c1-8(2)6-10(12(14)15)13-7-11-9(3)4-5-16-11/h4-5,8,10,13H,6-7H2,1-3H3,(H,14,15)/t10-/m1/s1. The third kappa shape index (κ3) is 3.94. The van der Waals surface area contributed by atoms with E-state index in [0.29, 0.717) is 18.9 Å². The highest BCUT2D eigenvalue weighted by atomic mass is 32.1. The average Bonchev–Trinajstić information content (AvgIpc) is 2.57. The molecule has 3 nitrogen and oxygen atoms in total. The van der Waals surface area contributed by atoms with E-state index in [2.05, 4.69) is 11.4 Å². The molecule has 1 heterocycles. The molecule has 0 bridgehead atoms. The third-order valence-corrected chi connectivity index (χ3v) is 3.51. The summed E-state index contributed by atoms with van der Waals surface area (Å²) in [5.74, 6) is -0.374. The Morgan fingerprint density at radius 1 is 1.56 bits per heavy atom. The SMILES string of the molecule is Cc1ccsc1CN[C@H](CC(C)C)C(=O)O. The van der Waals surface area contributed by atoms with Crippen LogP contribution in [-0.2, 0) is 11.3 Å². The van der Waals surface area contributed by atoms with Crippen LogP contribution in [0.5, 0.6) is 0 Å². The molecule has 0 aliphatic heterocycles. The molecule has 1 aromatic heterocycles. The zero-order valence-electron chi connectivity index (χ0n) is 9.99. The average molecular weight is 241 g/mol. The molecule has 1 atom stereocenters. The van der Waals surface area contributed by atoms with Crippen LogP contribution in [0.4, 0.5) is 0 Å². The Hall–Kier alpha value is -0.870. The molecule has 0 aromatic carbocycles. The van der Waals surface area contributed by atoms with Gasteiger partial charge in [-0.3, -0.25) is 10.1 Å². The Bertz CT molecular complexity index is 347. The quantitative estimate of drug-likeness (QED) is 0.805. The molecule has 0 amide bonds. The second-order valence-corrected chi connectivity index (χ2v) is 5.43. The summed E-state index contributed by atoms with van der Waals surface area (Å²) in [4.78, 5) is 12.2. The Morgan fingerprint density at radius 2 is 2.25 bits per heavy atom. The predicted molar refractivity (Wildman–Crippen MR) is 66.8 cm³/mol. The number of hydrogen-bond acceptors (Lipinski definition) is 3. The maximum Gasteiger partial charge on any atom is 0.320 e. The molecule has 90 valence electrons. The summed E-state index contributed by atoms with van der Waals surface area (Å²) in [5, 5.41) is 14.2. The summed E-state index contributed by atoms with van der Waals surface area (Å²) >= 11 is 1.67. The molecule has 16 heavy (non-hydrogen) atoms. The van der Waals surface area contributed by atoms with Crippen LogP contribution >= 0.6 is 11.3 Å². The molecule has 0 unspecified atom stereocenters. The van der Waals surface area contributed by atoms with Crippen molar-refractivity contribution < 1.29 is 9.90 Å². The van der Waals surface area contributed by atoms with Crippen molar-refractivity contribution >= 4 is 17.3 Å². The number of rotatable bonds is 6. The number of carboxylic acid groups (broad SMARTS) is 1. The molecule has 0 aliphatic carbocycles. The number of thiophene rings is 1. The molecule has 0 saturated carbocycles. The monoisotopic (exact) mass is 241 g/mol. The lowest BCUT2D eigenvalue weighted by Crippen LogP contribution is -2.37. The van der Waals surface area contributed by atoms with Crippen molar-refractivity contribution in [2.75, 3.05) is 0 Å². The van der Waals surface area contributed by atoms with Gasteiger partial charge in [-0.1, -0.05) is 13.8 Å². The fourth-order valence-electron chi connectivity index (χ4n) is 1.54. The molecule has 0 saturated heterocycles. The van der Waals surface area contributed by atoms with Crippen molar-refractivity contribution in [2.24, 2.45) is 5.92 Å². The van der Waals surface area contributed by atoms with Gasteiger partial charge >= 0.3 is 5.97 Å². The van der Waals surface area contributed by atoms with E-state index in [-0.39, 0.29) is 0 Å². The first kappa shape index (κ1) is 13.2. The van der Waals surface area contributed by atoms with Crippen LogP contribution < -0.4 is 5.32 Å². The van der Waals surface area contributed by atoms with Crippen LogP contribution in [0.15, 0.2) is 11.4 Å². The van der Waals surface area contributed by atoms with Crippen molar-refractivity contribution in [3.05, 3.63) is 21.9 Å². The molecule has 0 spiro atoms. The van der Waals surface area contributed by atoms with Gasteiger partial charge in [0.2, 0.25) is 0 Å². The summed E-state index contributed by atoms with van der Waals surface area (Å²) in [7, 11) is 0. The Labute approximate surface area is 100 Å². The van der Waals surface area contributed by atoms with Crippen molar-refractivity contribution in [1.29, 1.82) is 0 Å². The Morgan fingerprint density at radius 3 is 2.69 bits per heavy atom. The molecule has 0 radical (unpaired) electrons. The van der Waals surface area contributed by atoms with Gasteiger partial charge in [0.05, 0.1) is 0 Å². The number of carboxylic acids is 1. The van der Waals surface area contributed by atoms with Crippen molar-refractivity contribution in [2.45, 2.75) is 39.8 Å². The number of aliphatic carboxylic acids is 1. The predicted octanol–water partition coefficient (Wildman–Crippen LogP) is 2.65. The van der Waals surface area contributed by atoms with E-state index in [1.807, 2.05) is 26.2 Å². The van der Waals surface area contributed by atoms with E-state index < -0.39 is 12.0 Å². The first-order valence-corrected chi connectivity index (χ1v) is 6.37. The summed E-state index contributed by atoms with van der Waals surface area (Å²) in [5.41, 5.74) is 1.23.